The van der Waals surface area contributed by atoms with Crippen LogP contribution in [0.2, 0.25) is 0 Å². The van der Waals surface area contributed by atoms with Crippen LogP contribution >= 0.6 is 0 Å². The zero-order chi connectivity index (χ0) is 18.3. The predicted octanol–water partition coefficient (Wildman–Crippen LogP) is 5.70. The first kappa shape index (κ1) is 25.8. The van der Waals surface area contributed by atoms with Gasteiger partial charge in [-0.25, -0.2) is 9.97 Å². The number of aliphatic imine (C=N–C) groups is 1. The number of benzene rings is 3. The molecule has 0 bridgehead atoms. The summed E-state index contributed by atoms with van der Waals surface area (Å²) >= 11 is 0. The van der Waals surface area contributed by atoms with Gasteiger partial charge in [-0.2, -0.15) is 0 Å². The van der Waals surface area contributed by atoms with E-state index in [9.17, 15) is 0 Å². The Labute approximate surface area is 207 Å². The number of para-hydroxylation sites is 5. The number of H-pyrrole nitrogens is 2. The average molecular weight is 585 g/mol. The van der Waals surface area contributed by atoms with E-state index in [0.29, 0.717) is 0 Å². The molecule has 2 N–H and O–H groups in total. The van der Waals surface area contributed by atoms with Crippen LogP contribution in [-0.4, -0.2) is 26.2 Å². The van der Waals surface area contributed by atoms with Crippen molar-refractivity contribution in [3.05, 3.63) is 91.0 Å². The Morgan fingerprint density at radius 1 is 0.633 bits per heavy atom. The number of hydrogen-bond acceptors (Lipinski definition) is 3. The van der Waals surface area contributed by atoms with E-state index in [4.69, 9.17) is 0 Å². The number of nitrogens with zero attached hydrogens (tertiary/aromatic N) is 3. The van der Waals surface area contributed by atoms with E-state index < -0.39 is 0 Å². The van der Waals surface area contributed by atoms with E-state index >= 15 is 0 Å². The smallest absolute Gasteiger partial charge is 0.345 e. The molecule has 6 rings (SSSR count). The normalized spacial score (nSPS) is 10.3. The minimum Gasteiger partial charge on any atom is -0.345 e. The van der Waals surface area contributed by atoms with Gasteiger partial charge in [0.2, 0.25) is 0 Å². The molecular weight excluding hydrogens is 562 g/mol. The van der Waals surface area contributed by atoms with Crippen molar-refractivity contribution in [3.63, 3.8) is 0 Å². The molecule has 30 heavy (non-hydrogen) atoms. The third-order valence-electron chi connectivity index (χ3n) is 4.19. The molecule has 0 atom stereocenters. The van der Waals surface area contributed by atoms with Crippen molar-refractivity contribution >= 4 is 34.0 Å². The van der Waals surface area contributed by atoms with E-state index in [1.165, 1.54) is 5.56 Å². The number of fused-ring (bicyclic) bond motifs is 3. The molecule has 5 nitrogen and oxygen atoms in total. The maximum atomic E-state index is 4.17. The van der Waals surface area contributed by atoms with Gasteiger partial charge >= 0.3 is 44.8 Å². The van der Waals surface area contributed by atoms with Crippen LogP contribution < -0.4 is 0 Å². The Morgan fingerprint density at radius 2 is 1.13 bits per heavy atom. The van der Waals surface area contributed by atoms with Gasteiger partial charge in [0.25, 0.3) is 0 Å². The summed E-state index contributed by atoms with van der Waals surface area (Å²) in [6.45, 7) is 0. The van der Waals surface area contributed by atoms with Gasteiger partial charge in [0.1, 0.15) is 0 Å². The van der Waals surface area contributed by atoms with Crippen LogP contribution in [0.4, 0.5) is 5.69 Å². The van der Waals surface area contributed by atoms with Gasteiger partial charge < -0.3 is 9.97 Å². The van der Waals surface area contributed by atoms with Crippen LogP contribution in [0.1, 0.15) is 13.0 Å². The maximum Gasteiger partial charge on any atom is 1.00 e. The second kappa shape index (κ2) is 13.1. The van der Waals surface area contributed by atoms with Crippen LogP contribution in [-0.2, 0) is 51.2 Å². The zero-order valence-electron chi connectivity index (χ0n) is 15.3. The molecule has 3 aromatic carbocycles. The predicted molar refractivity (Wildman–Crippen MR) is 117 cm³/mol. The summed E-state index contributed by atoms with van der Waals surface area (Å²) in [7, 11) is 0. The van der Waals surface area contributed by atoms with Gasteiger partial charge in [-0.15, -0.1) is 0 Å². The van der Waals surface area contributed by atoms with E-state index in [1.54, 1.807) is 12.7 Å². The molecule has 0 radical (unpaired) electrons. The molecule has 0 saturated carbocycles. The monoisotopic (exact) mass is 583 g/mol. The molecule has 1 aliphatic heterocycles. The van der Waals surface area contributed by atoms with Gasteiger partial charge in [0.15, 0.2) is 0 Å². The van der Waals surface area contributed by atoms with Crippen molar-refractivity contribution in [2.75, 3.05) is 0 Å². The summed E-state index contributed by atoms with van der Waals surface area (Å²) in [5, 5.41) is 0. The largest absolute Gasteiger partial charge is 1.00 e. The summed E-state index contributed by atoms with van der Waals surface area (Å²) in [6.07, 6.45) is 6.36. The minimum atomic E-state index is 0. The van der Waals surface area contributed by atoms with Crippen LogP contribution in [0.25, 0.3) is 22.1 Å². The first-order chi connectivity index (χ1) is 13.4. The first-order valence-electron chi connectivity index (χ1n) is 8.77. The van der Waals surface area contributed by atoms with Crippen molar-refractivity contribution in [2.24, 2.45) is 4.99 Å². The van der Waals surface area contributed by atoms with Gasteiger partial charge in [0, 0.05) is 12.6 Å². The molecule has 0 unspecified atom stereocenters. The SMILES string of the molecule is C.C1=Nc2ccccc2C1.[Ag+].[Ag+].c1ccc2[nH]cnc2c1.c1ccc2[nH]cnc2c1. The molecule has 5 aromatic rings. The Kier molecular flexibility index (Phi) is 11.3. The Balaban J connectivity index is 0.000000214. The van der Waals surface area contributed by atoms with Gasteiger partial charge in [-0.05, 0) is 35.9 Å². The molecule has 0 spiro atoms. The van der Waals surface area contributed by atoms with Gasteiger partial charge in [0.05, 0.1) is 40.4 Å². The van der Waals surface area contributed by atoms with Crippen LogP contribution in [0.15, 0.2) is 90.4 Å². The Morgan fingerprint density at radius 3 is 1.67 bits per heavy atom. The molecule has 0 amide bonds. The van der Waals surface area contributed by atoms with Crippen LogP contribution in [0.5, 0.6) is 0 Å². The second-order valence-corrected chi connectivity index (χ2v) is 5.98. The number of nitrogens with one attached hydrogen (secondary N) is 2. The zero-order valence-corrected chi connectivity index (χ0v) is 18.3. The van der Waals surface area contributed by atoms with Gasteiger partial charge in [-0.1, -0.05) is 49.9 Å². The van der Waals surface area contributed by atoms with Crippen LogP contribution in [0, 0.1) is 0 Å². The fourth-order valence-electron chi connectivity index (χ4n) is 2.81. The van der Waals surface area contributed by atoms with Crippen molar-refractivity contribution in [1.82, 2.24) is 19.9 Å². The molecule has 160 valence electrons. The molecule has 1 aliphatic rings. The third kappa shape index (κ3) is 6.64. The Hall–Kier alpha value is -2.25. The first-order valence-corrected chi connectivity index (χ1v) is 8.77. The van der Waals surface area contributed by atoms with Crippen LogP contribution in [0.3, 0.4) is 0 Å². The summed E-state index contributed by atoms with van der Waals surface area (Å²) in [5.74, 6) is 0. The average Bonchev–Trinajstić information content (AvgIpc) is 3.48. The fourth-order valence-corrected chi connectivity index (χ4v) is 2.81. The third-order valence-corrected chi connectivity index (χ3v) is 4.19. The quantitative estimate of drug-likeness (QED) is 0.229. The standard InChI is InChI=1S/C8H7N.2C7H6N2.CH4.2Ag/c1-2-4-8-7(3-1)5-6-9-8;2*1-2-4-7-6(3-1)8-5-9-7;;;/h1-4,6H,5H2;2*1-5H,(H,8,9);1H4;;/q;;;;2*+1. The molecule has 0 aliphatic carbocycles. The van der Waals surface area contributed by atoms with Crippen molar-refractivity contribution in [3.8, 4) is 0 Å². The number of aromatic nitrogens is 4. The summed E-state index contributed by atoms with van der Waals surface area (Å²) < 4.78 is 0. The van der Waals surface area contributed by atoms with E-state index in [-0.39, 0.29) is 52.2 Å². The number of hydrogen-bond donors (Lipinski definition) is 2. The van der Waals surface area contributed by atoms with E-state index in [2.05, 4.69) is 31.0 Å². The topological polar surface area (TPSA) is 69.7 Å². The summed E-state index contributed by atoms with van der Waals surface area (Å²) in [6, 6.07) is 24.1. The number of rotatable bonds is 0. The maximum absolute atomic E-state index is 4.17. The van der Waals surface area contributed by atoms with E-state index in [0.717, 1.165) is 34.2 Å². The molecule has 0 fully saturated rings. The minimum absolute atomic E-state index is 0. The van der Waals surface area contributed by atoms with Crippen molar-refractivity contribution < 1.29 is 44.8 Å². The fraction of sp³-hybridized carbons (Fsp3) is 0.0870. The molecule has 2 aromatic heterocycles. The molecule has 3 heterocycles. The summed E-state index contributed by atoms with van der Waals surface area (Å²) in [4.78, 5) is 18.3. The van der Waals surface area contributed by atoms with Crippen molar-refractivity contribution in [1.29, 1.82) is 0 Å². The van der Waals surface area contributed by atoms with E-state index in [1.807, 2.05) is 72.9 Å². The number of imidazole rings is 2. The Bertz CT molecular complexity index is 1050. The second-order valence-electron chi connectivity index (χ2n) is 5.98. The van der Waals surface area contributed by atoms with Crippen molar-refractivity contribution in [2.45, 2.75) is 13.8 Å². The molecule has 0 saturated heterocycles. The number of aromatic amines is 2. The molecular formula is C23H23Ag2N5+2. The summed E-state index contributed by atoms with van der Waals surface area (Å²) in [5.41, 5.74) is 6.72. The van der Waals surface area contributed by atoms with Gasteiger partial charge in [-0.3, -0.25) is 4.99 Å². The molecule has 7 heteroatoms.